The van der Waals surface area contributed by atoms with Crippen LogP contribution in [0.1, 0.15) is 0 Å². The Morgan fingerprint density at radius 3 is 2.38 bits per heavy atom. The highest BCUT2D eigenvalue weighted by Crippen LogP contribution is 2.26. The maximum atomic E-state index is 13.4. The van der Waals surface area contributed by atoms with Crippen molar-refractivity contribution in [3.8, 4) is 11.4 Å². The predicted molar refractivity (Wildman–Crippen MR) is 90.4 cm³/mol. The first-order valence-electron chi connectivity index (χ1n) is 7.27. The van der Waals surface area contributed by atoms with Gasteiger partial charge in [-0.25, -0.2) is 17.6 Å². The third-order valence-corrected chi connectivity index (χ3v) is 4.90. The summed E-state index contributed by atoms with van der Waals surface area (Å²) >= 11 is 0. The van der Waals surface area contributed by atoms with Crippen LogP contribution >= 0.6 is 0 Å². The van der Waals surface area contributed by atoms with Crippen molar-refractivity contribution in [2.75, 3.05) is 11.8 Å². The number of halogens is 1. The van der Waals surface area contributed by atoms with E-state index in [0.717, 1.165) is 21.5 Å². The maximum Gasteiger partial charge on any atom is 0.368 e. The van der Waals surface area contributed by atoms with Gasteiger partial charge in [0.1, 0.15) is 16.5 Å². The Labute approximate surface area is 147 Å². The highest BCUT2D eigenvalue weighted by molar-refractivity contribution is 7.92. The van der Waals surface area contributed by atoms with Gasteiger partial charge in [0.05, 0.1) is 12.8 Å². The second-order valence-corrected chi connectivity index (χ2v) is 6.90. The van der Waals surface area contributed by atoms with Crippen LogP contribution in [0.3, 0.4) is 0 Å². The molecule has 0 unspecified atom stereocenters. The van der Waals surface area contributed by atoms with Crippen LogP contribution < -0.4 is 15.1 Å². The minimum atomic E-state index is -4.08. The van der Waals surface area contributed by atoms with E-state index in [1.807, 2.05) is 0 Å². The molecule has 0 saturated carbocycles. The molecule has 1 heterocycles. The van der Waals surface area contributed by atoms with E-state index in [1.165, 1.54) is 44.5 Å². The molecule has 0 aliphatic rings. The second kappa shape index (κ2) is 6.59. The van der Waals surface area contributed by atoms with Crippen LogP contribution in [0.4, 0.5) is 10.1 Å². The first kappa shape index (κ1) is 17.6. The number of hydrogen-bond acceptors (Lipinski definition) is 6. The molecule has 136 valence electrons. The second-order valence-electron chi connectivity index (χ2n) is 5.24. The summed E-state index contributed by atoms with van der Waals surface area (Å²) in [4.78, 5) is 11.5. The number of methoxy groups -OCH3 is 1. The summed E-state index contributed by atoms with van der Waals surface area (Å²) in [7, 11) is -1.33. The lowest BCUT2D eigenvalue weighted by Crippen LogP contribution is -2.21. The van der Waals surface area contributed by atoms with Crippen LogP contribution in [-0.2, 0) is 17.1 Å². The lowest BCUT2D eigenvalue weighted by molar-refractivity contribution is 0.401. The molecule has 9 nitrogen and oxygen atoms in total. The normalized spacial score (nSPS) is 11.3. The number of anilines is 1. The fraction of sp³-hybridized carbons (Fsp3) is 0.133. The number of aromatic nitrogens is 4. The summed E-state index contributed by atoms with van der Waals surface area (Å²) in [6.07, 6.45) is 0. The van der Waals surface area contributed by atoms with E-state index >= 15 is 0 Å². The Hall–Kier alpha value is -3.21. The van der Waals surface area contributed by atoms with Crippen molar-refractivity contribution in [1.82, 2.24) is 19.8 Å². The number of sulfonamides is 1. The lowest BCUT2D eigenvalue weighted by atomic mass is 10.3. The molecular formula is C15H14FN5O4S. The van der Waals surface area contributed by atoms with Crippen LogP contribution in [0.25, 0.3) is 5.69 Å². The topological polar surface area (TPSA) is 108 Å². The molecule has 0 radical (unpaired) electrons. The first-order valence-corrected chi connectivity index (χ1v) is 8.76. The Balaban J connectivity index is 1.90. The van der Waals surface area contributed by atoms with Crippen molar-refractivity contribution in [3.05, 3.63) is 58.8 Å². The molecule has 0 aliphatic carbocycles. The van der Waals surface area contributed by atoms with E-state index in [0.29, 0.717) is 5.69 Å². The molecule has 1 aromatic heterocycles. The number of ether oxygens (including phenoxy) is 1. The molecule has 0 bridgehead atoms. The zero-order valence-electron chi connectivity index (χ0n) is 13.7. The van der Waals surface area contributed by atoms with Gasteiger partial charge in [0, 0.05) is 12.7 Å². The molecule has 0 amide bonds. The number of aryl methyl sites for hydroxylation is 1. The predicted octanol–water partition coefficient (Wildman–Crippen LogP) is 0.914. The molecule has 3 aromatic rings. The Morgan fingerprint density at radius 2 is 1.81 bits per heavy atom. The molecule has 1 N–H and O–H groups in total. The Morgan fingerprint density at radius 1 is 1.12 bits per heavy atom. The molecule has 26 heavy (non-hydrogen) atoms. The molecule has 11 heteroatoms. The number of nitrogens with one attached hydrogen (secondary N) is 1. The maximum absolute atomic E-state index is 13.4. The number of hydrogen-bond donors (Lipinski definition) is 1. The van der Waals surface area contributed by atoms with Crippen molar-refractivity contribution in [1.29, 1.82) is 0 Å². The van der Waals surface area contributed by atoms with Gasteiger partial charge >= 0.3 is 5.69 Å². The minimum absolute atomic E-state index is 0.0154. The number of tetrazole rings is 1. The number of rotatable bonds is 5. The van der Waals surface area contributed by atoms with Gasteiger partial charge in [0.15, 0.2) is 0 Å². The van der Waals surface area contributed by atoms with Gasteiger partial charge in [0.2, 0.25) is 0 Å². The van der Waals surface area contributed by atoms with Crippen molar-refractivity contribution < 1.29 is 17.5 Å². The van der Waals surface area contributed by atoms with Crippen molar-refractivity contribution >= 4 is 15.7 Å². The molecule has 0 aliphatic heterocycles. The van der Waals surface area contributed by atoms with Crippen LogP contribution in [0.2, 0.25) is 0 Å². The van der Waals surface area contributed by atoms with E-state index in [4.69, 9.17) is 4.74 Å². The number of nitrogens with zero attached hydrogens (tertiary/aromatic N) is 4. The summed E-state index contributed by atoms with van der Waals surface area (Å²) in [6, 6.07) is 9.08. The zero-order valence-corrected chi connectivity index (χ0v) is 14.6. The van der Waals surface area contributed by atoms with Gasteiger partial charge < -0.3 is 4.74 Å². The van der Waals surface area contributed by atoms with Crippen LogP contribution in [0.5, 0.6) is 5.75 Å². The van der Waals surface area contributed by atoms with Crippen molar-refractivity contribution in [3.63, 3.8) is 0 Å². The quantitative estimate of drug-likeness (QED) is 0.706. The molecular weight excluding hydrogens is 365 g/mol. The average molecular weight is 379 g/mol. The highest BCUT2D eigenvalue weighted by Gasteiger charge is 2.20. The summed E-state index contributed by atoms with van der Waals surface area (Å²) < 4.78 is 47.9. The van der Waals surface area contributed by atoms with Crippen molar-refractivity contribution in [2.24, 2.45) is 7.05 Å². The minimum Gasteiger partial charge on any atom is -0.495 e. The molecule has 2 aromatic carbocycles. The SMILES string of the molecule is COc1ccc(F)cc1S(=O)(=O)Nc1ccc(-n2nnn(C)c2=O)cc1. The van der Waals surface area contributed by atoms with Gasteiger partial charge in [-0.05, 0) is 52.9 Å². The standard InChI is InChI=1S/C15H14FN5O4S/c1-20-15(22)21(19-18-20)12-6-4-11(5-7-12)17-26(23,24)14-9-10(16)3-8-13(14)25-2/h3-9,17H,1-2H3. The summed E-state index contributed by atoms with van der Waals surface area (Å²) in [5.41, 5.74) is 0.189. The zero-order chi connectivity index (χ0) is 18.9. The fourth-order valence-electron chi connectivity index (χ4n) is 2.22. The van der Waals surface area contributed by atoms with Gasteiger partial charge in [-0.1, -0.05) is 0 Å². The van der Waals surface area contributed by atoms with Crippen LogP contribution in [0.15, 0.2) is 52.2 Å². The van der Waals surface area contributed by atoms with Gasteiger partial charge in [0.25, 0.3) is 10.0 Å². The van der Waals surface area contributed by atoms with E-state index in [9.17, 15) is 17.6 Å². The lowest BCUT2D eigenvalue weighted by Gasteiger charge is -2.12. The third kappa shape index (κ3) is 3.28. The van der Waals surface area contributed by atoms with E-state index in [2.05, 4.69) is 15.1 Å². The summed E-state index contributed by atoms with van der Waals surface area (Å²) in [5.74, 6) is -0.690. The Bertz CT molecular complexity index is 1110. The smallest absolute Gasteiger partial charge is 0.368 e. The van der Waals surface area contributed by atoms with Gasteiger partial charge in [-0.2, -0.15) is 9.36 Å². The van der Waals surface area contributed by atoms with E-state index < -0.39 is 21.5 Å². The average Bonchev–Trinajstić information content (AvgIpc) is 2.94. The van der Waals surface area contributed by atoms with Crippen LogP contribution in [0, 0.1) is 5.82 Å². The molecule has 0 fully saturated rings. The van der Waals surface area contributed by atoms with Gasteiger partial charge in [-0.15, -0.1) is 0 Å². The van der Waals surface area contributed by atoms with Crippen molar-refractivity contribution in [2.45, 2.75) is 4.90 Å². The first-order chi connectivity index (χ1) is 12.3. The molecule has 0 spiro atoms. The fourth-order valence-corrected chi connectivity index (χ4v) is 3.46. The highest BCUT2D eigenvalue weighted by atomic mass is 32.2. The number of benzene rings is 2. The van der Waals surface area contributed by atoms with Gasteiger partial charge in [-0.3, -0.25) is 4.72 Å². The van der Waals surface area contributed by atoms with E-state index in [-0.39, 0.29) is 16.3 Å². The molecule has 0 atom stereocenters. The molecule has 3 rings (SSSR count). The monoisotopic (exact) mass is 379 g/mol. The summed E-state index contributed by atoms with van der Waals surface area (Å²) in [6.45, 7) is 0. The largest absolute Gasteiger partial charge is 0.495 e. The summed E-state index contributed by atoms with van der Waals surface area (Å²) in [5, 5.41) is 7.29. The third-order valence-electron chi connectivity index (χ3n) is 3.50. The van der Waals surface area contributed by atoms with E-state index in [1.54, 1.807) is 0 Å². The molecule has 0 saturated heterocycles. The Kier molecular flexibility index (Phi) is 4.47. The van der Waals surface area contributed by atoms with Crippen LogP contribution in [-0.4, -0.2) is 35.3 Å².